The second kappa shape index (κ2) is 6.10. The Morgan fingerprint density at radius 2 is 2.14 bits per heavy atom. The van der Waals surface area contributed by atoms with Gasteiger partial charge in [-0.1, -0.05) is 19.9 Å². The zero-order valence-electron chi connectivity index (χ0n) is 13.9. The number of aliphatic hydroxyl groups excluding tert-OH is 1. The molecule has 1 heterocycles. The molecule has 1 saturated carbocycles. The number of hydrogen-bond donors (Lipinski definition) is 1. The minimum atomic E-state index is -0.726. The highest BCUT2D eigenvalue weighted by Crippen LogP contribution is 2.48. The van der Waals surface area contributed by atoms with Gasteiger partial charge < -0.3 is 9.84 Å². The van der Waals surface area contributed by atoms with E-state index in [1.807, 2.05) is 39.8 Å². The number of methoxy groups -OCH3 is 1. The summed E-state index contributed by atoms with van der Waals surface area (Å²) >= 11 is 0. The zero-order chi connectivity index (χ0) is 16.5. The molecule has 0 bridgehead atoms. The largest absolute Gasteiger partial charge is 0.481 e. The summed E-state index contributed by atoms with van der Waals surface area (Å²) in [6, 6.07) is 6.27. The minimum Gasteiger partial charge on any atom is -0.481 e. The molecule has 1 N–H and O–H groups in total. The number of nitrogens with zero attached hydrogens (tertiary/aromatic N) is 2. The number of pyridine rings is 1. The quantitative estimate of drug-likeness (QED) is 0.852. The van der Waals surface area contributed by atoms with Crippen LogP contribution in [0.5, 0.6) is 5.88 Å². The van der Waals surface area contributed by atoms with Crippen molar-refractivity contribution >= 4 is 0 Å². The van der Waals surface area contributed by atoms with E-state index in [1.165, 1.54) is 0 Å². The third-order valence-corrected chi connectivity index (χ3v) is 4.94. The van der Waals surface area contributed by atoms with E-state index in [0.717, 1.165) is 16.8 Å². The van der Waals surface area contributed by atoms with Crippen LogP contribution in [0, 0.1) is 30.1 Å². The van der Waals surface area contributed by atoms with Crippen LogP contribution in [-0.4, -0.2) is 23.3 Å². The van der Waals surface area contributed by atoms with Crippen LogP contribution in [0.15, 0.2) is 23.8 Å². The lowest BCUT2D eigenvalue weighted by molar-refractivity contribution is 0.0433. The second-order valence-electron chi connectivity index (χ2n) is 6.21. The first-order valence-electron chi connectivity index (χ1n) is 7.69. The van der Waals surface area contributed by atoms with Crippen LogP contribution < -0.4 is 4.74 Å². The molecule has 0 spiro atoms. The summed E-state index contributed by atoms with van der Waals surface area (Å²) in [6.07, 6.45) is 2.16. The molecule has 2 unspecified atom stereocenters. The lowest BCUT2D eigenvalue weighted by atomic mass is 9.59. The van der Waals surface area contributed by atoms with Crippen molar-refractivity contribution in [1.82, 2.24) is 4.98 Å². The van der Waals surface area contributed by atoms with Crippen molar-refractivity contribution in [2.24, 2.45) is 11.8 Å². The van der Waals surface area contributed by atoms with Gasteiger partial charge in [0.05, 0.1) is 19.3 Å². The number of allylic oxidation sites excluding steroid dienone is 1. The molecular formula is C18H24N2O2. The predicted octanol–water partition coefficient (Wildman–Crippen LogP) is 3.14. The van der Waals surface area contributed by atoms with Gasteiger partial charge in [-0.3, -0.25) is 0 Å². The molecule has 22 heavy (non-hydrogen) atoms. The van der Waals surface area contributed by atoms with Crippen LogP contribution in [0.4, 0.5) is 0 Å². The summed E-state index contributed by atoms with van der Waals surface area (Å²) in [5.74, 6) is 0.558. The smallest absolute Gasteiger partial charge is 0.213 e. The molecule has 0 radical (unpaired) electrons. The summed E-state index contributed by atoms with van der Waals surface area (Å²) in [5, 5.41) is 20.4. The molecule has 1 aliphatic rings. The van der Waals surface area contributed by atoms with E-state index in [0.29, 0.717) is 12.3 Å². The summed E-state index contributed by atoms with van der Waals surface area (Å²) < 4.78 is 5.17. The molecule has 4 heteroatoms. The monoisotopic (exact) mass is 300 g/mol. The van der Waals surface area contributed by atoms with Gasteiger partial charge in [0, 0.05) is 17.7 Å². The summed E-state index contributed by atoms with van der Waals surface area (Å²) in [7, 11) is 1.58. The number of aryl methyl sites for hydroxylation is 1. The molecule has 0 aromatic carbocycles. The normalized spacial score (nSPS) is 33.5. The molecule has 1 fully saturated rings. The van der Waals surface area contributed by atoms with Crippen molar-refractivity contribution in [2.75, 3.05) is 7.11 Å². The van der Waals surface area contributed by atoms with Gasteiger partial charge in [-0.15, -0.1) is 0 Å². The molecule has 4 nitrogen and oxygen atoms in total. The van der Waals surface area contributed by atoms with Gasteiger partial charge in [0.2, 0.25) is 5.88 Å². The Morgan fingerprint density at radius 1 is 1.45 bits per heavy atom. The van der Waals surface area contributed by atoms with Crippen molar-refractivity contribution in [1.29, 1.82) is 5.26 Å². The number of ether oxygens (including phenoxy) is 1. The molecule has 1 aliphatic carbocycles. The summed E-state index contributed by atoms with van der Waals surface area (Å²) in [5.41, 5.74) is 1.97. The molecule has 118 valence electrons. The SMILES string of the molecule is C/C=C1\[C@H](C)C(O)C(C)C[C@]1(C#N)c1ccc(OC)nc1C. The first-order valence-corrected chi connectivity index (χ1v) is 7.69. The van der Waals surface area contributed by atoms with Crippen molar-refractivity contribution in [3.05, 3.63) is 35.0 Å². The van der Waals surface area contributed by atoms with Crippen molar-refractivity contribution in [2.45, 2.75) is 45.6 Å². The maximum atomic E-state index is 10.4. The van der Waals surface area contributed by atoms with Crippen molar-refractivity contribution in [3.63, 3.8) is 0 Å². The third kappa shape index (κ3) is 2.40. The van der Waals surface area contributed by atoms with Gasteiger partial charge in [0.25, 0.3) is 0 Å². The molecule has 0 amide bonds. The molecule has 2 rings (SSSR count). The van der Waals surface area contributed by atoms with Gasteiger partial charge in [0.15, 0.2) is 0 Å². The van der Waals surface area contributed by atoms with E-state index in [1.54, 1.807) is 13.2 Å². The zero-order valence-corrected chi connectivity index (χ0v) is 13.9. The van der Waals surface area contributed by atoms with Gasteiger partial charge in [0.1, 0.15) is 5.41 Å². The number of nitriles is 1. The Morgan fingerprint density at radius 3 is 2.64 bits per heavy atom. The van der Waals surface area contributed by atoms with E-state index >= 15 is 0 Å². The molecular weight excluding hydrogens is 276 g/mol. The van der Waals surface area contributed by atoms with Crippen LogP contribution >= 0.6 is 0 Å². The fourth-order valence-electron chi connectivity index (χ4n) is 3.83. The maximum Gasteiger partial charge on any atom is 0.213 e. The standard InChI is InChI=1S/C18H24N2O2/c1-6-14-12(3)17(21)11(2)9-18(14,10-19)15-7-8-16(22-5)20-13(15)4/h6-8,11-12,17,21H,9H2,1-5H3/b14-6+/t11?,12-,17?,18+/m0/s1. The topological polar surface area (TPSA) is 66.1 Å². The molecule has 0 saturated heterocycles. The van der Waals surface area contributed by atoms with Gasteiger partial charge in [-0.2, -0.15) is 5.26 Å². The molecule has 0 aliphatic heterocycles. The Labute approximate surface area is 132 Å². The molecule has 1 aromatic heterocycles. The highest BCUT2D eigenvalue weighted by atomic mass is 16.5. The molecule has 4 atom stereocenters. The molecule has 1 aromatic rings. The van der Waals surface area contributed by atoms with E-state index in [9.17, 15) is 10.4 Å². The van der Waals surface area contributed by atoms with Crippen LogP contribution in [0.1, 0.15) is 38.4 Å². The van der Waals surface area contributed by atoms with Crippen LogP contribution in [-0.2, 0) is 5.41 Å². The second-order valence-corrected chi connectivity index (χ2v) is 6.21. The van der Waals surface area contributed by atoms with Crippen molar-refractivity contribution < 1.29 is 9.84 Å². The van der Waals surface area contributed by atoms with Gasteiger partial charge >= 0.3 is 0 Å². The Balaban J connectivity index is 2.64. The minimum absolute atomic E-state index is 0.0464. The fraction of sp³-hybridized carbons (Fsp3) is 0.556. The summed E-state index contributed by atoms with van der Waals surface area (Å²) in [4.78, 5) is 4.43. The lowest BCUT2D eigenvalue weighted by Gasteiger charge is -2.44. The third-order valence-electron chi connectivity index (χ3n) is 4.94. The van der Waals surface area contributed by atoms with Gasteiger partial charge in [-0.05, 0) is 43.4 Å². The van der Waals surface area contributed by atoms with E-state index in [-0.39, 0.29) is 11.8 Å². The number of aliphatic hydroxyl groups is 1. The lowest BCUT2D eigenvalue weighted by Crippen LogP contribution is -2.45. The van der Waals surface area contributed by atoms with Crippen LogP contribution in [0.2, 0.25) is 0 Å². The first-order chi connectivity index (χ1) is 10.4. The number of aromatic nitrogens is 1. The van der Waals surface area contributed by atoms with E-state index in [4.69, 9.17) is 4.74 Å². The average molecular weight is 300 g/mol. The summed E-state index contributed by atoms with van der Waals surface area (Å²) in [6.45, 7) is 7.84. The Bertz CT molecular complexity index is 632. The van der Waals surface area contributed by atoms with E-state index in [2.05, 4.69) is 11.1 Å². The predicted molar refractivity (Wildman–Crippen MR) is 85.5 cm³/mol. The average Bonchev–Trinajstić information content (AvgIpc) is 2.52. The number of rotatable bonds is 2. The van der Waals surface area contributed by atoms with Crippen molar-refractivity contribution in [3.8, 4) is 11.9 Å². The fourth-order valence-corrected chi connectivity index (χ4v) is 3.83. The van der Waals surface area contributed by atoms with E-state index < -0.39 is 11.5 Å². The Hall–Kier alpha value is -1.86. The number of hydrogen-bond acceptors (Lipinski definition) is 4. The first kappa shape index (κ1) is 16.5. The highest BCUT2D eigenvalue weighted by Gasteiger charge is 2.48. The Kier molecular flexibility index (Phi) is 4.58. The highest BCUT2D eigenvalue weighted by molar-refractivity contribution is 5.49. The maximum absolute atomic E-state index is 10.4. The van der Waals surface area contributed by atoms with Gasteiger partial charge in [-0.25, -0.2) is 4.98 Å². The van der Waals surface area contributed by atoms with Crippen LogP contribution in [0.25, 0.3) is 0 Å². The van der Waals surface area contributed by atoms with Crippen LogP contribution in [0.3, 0.4) is 0 Å².